The minimum absolute atomic E-state index is 0.0492. The SMILES string of the molecule is CC1(C(=O)O)CCC(c2ccc(Cl)cc2)=C(CN2CCN(c3ccc(C(=O)NS(=O)(=O)c4ccc(NC(CCN5CCOCC5)CSc5ccccc5)c(S(=O)(=O)C(F)(F)F)c4)cc3)CC2)C1. The number of ether oxygens (including phenoxy) is 1. The Labute approximate surface area is 398 Å². The van der Waals surface area contributed by atoms with Crippen LogP contribution < -0.4 is 14.9 Å². The van der Waals surface area contributed by atoms with Gasteiger partial charge >= 0.3 is 11.5 Å². The number of carbonyl (C=O) groups is 2. The first kappa shape index (κ1) is 50.3. The number of thioether (sulfide) groups is 1. The van der Waals surface area contributed by atoms with Gasteiger partial charge in [0.25, 0.3) is 25.8 Å². The third-order valence-corrected chi connectivity index (χ3v) is 16.8. The number of sulfone groups is 1. The Morgan fingerprint density at radius 2 is 1.55 bits per heavy atom. The zero-order valence-corrected chi connectivity index (χ0v) is 40.0. The first-order valence-electron chi connectivity index (χ1n) is 21.9. The fourth-order valence-corrected chi connectivity index (χ4v) is 11.6. The molecule has 1 amide bonds. The lowest BCUT2D eigenvalue weighted by Gasteiger charge is -2.39. The number of carboxylic acids is 1. The van der Waals surface area contributed by atoms with Crippen molar-refractivity contribution in [2.24, 2.45) is 5.41 Å². The van der Waals surface area contributed by atoms with E-state index in [0.29, 0.717) is 108 Å². The second kappa shape index (κ2) is 21.3. The molecule has 2 saturated heterocycles. The van der Waals surface area contributed by atoms with Crippen LogP contribution in [0.2, 0.25) is 5.02 Å². The number of morpholine rings is 1. The molecule has 3 aliphatic rings. The van der Waals surface area contributed by atoms with Gasteiger partial charge in [-0.1, -0.05) is 47.5 Å². The van der Waals surface area contributed by atoms with E-state index >= 15 is 0 Å². The number of hydrogen-bond donors (Lipinski definition) is 3. The lowest BCUT2D eigenvalue weighted by molar-refractivity contribution is -0.148. The van der Waals surface area contributed by atoms with Gasteiger partial charge in [0, 0.05) is 85.3 Å². The summed E-state index contributed by atoms with van der Waals surface area (Å²) < 4.78 is 103. The molecule has 2 unspecified atom stereocenters. The van der Waals surface area contributed by atoms with Crippen molar-refractivity contribution in [2.45, 2.75) is 58.8 Å². The Morgan fingerprint density at radius 1 is 0.881 bits per heavy atom. The van der Waals surface area contributed by atoms with Crippen molar-refractivity contribution >= 4 is 72.0 Å². The van der Waals surface area contributed by atoms with Crippen molar-refractivity contribution in [1.29, 1.82) is 0 Å². The molecule has 67 heavy (non-hydrogen) atoms. The molecule has 0 saturated carbocycles. The highest BCUT2D eigenvalue weighted by Crippen LogP contribution is 2.44. The molecular weight excluding hydrogens is 951 g/mol. The highest BCUT2D eigenvalue weighted by atomic mass is 35.5. The Bertz CT molecular complexity index is 2650. The average Bonchev–Trinajstić information content (AvgIpc) is 3.31. The minimum Gasteiger partial charge on any atom is -0.481 e. The molecule has 20 heteroatoms. The van der Waals surface area contributed by atoms with E-state index in [0.717, 1.165) is 39.4 Å². The van der Waals surface area contributed by atoms with Crippen LogP contribution in [0.15, 0.2) is 117 Å². The van der Waals surface area contributed by atoms with Crippen molar-refractivity contribution in [3.8, 4) is 0 Å². The van der Waals surface area contributed by atoms with Crippen LogP contribution in [0.5, 0.6) is 0 Å². The van der Waals surface area contributed by atoms with Gasteiger partial charge in [-0.05, 0) is 110 Å². The number of aliphatic carboxylic acids is 1. The molecule has 4 aromatic rings. The molecule has 3 N–H and O–H groups in total. The highest BCUT2D eigenvalue weighted by Gasteiger charge is 2.48. The number of benzene rings is 4. The molecule has 360 valence electrons. The number of alkyl halides is 3. The van der Waals surface area contributed by atoms with E-state index in [1.165, 1.54) is 23.9 Å². The standard InChI is InChI=1S/C47H53ClF3N5O8S3/c1-46(45(58)59)19-17-41(33-7-11-36(48)12-8-33)35(30-46)31-55-21-23-56(24-22-55)38-13-9-34(10-14-38)44(57)53-67(62,63)40-15-16-42(43(29-40)66(60,61)47(49,50)51)52-37(18-20-54-25-27-64-28-26-54)32-65-39-5-3-2-4-6-39/h2-16,29,37,52H,17-28,30-32H2,1H3,(H,53,57)(H,58,59). The fraction of sp³-hybridized carbons (Fsp3) is 0.404. The number of hydrogen-bond acceptors (Lipinski definition) is 12. The van der Waals surface area contributed by atoms with E-state index in [4.69, 9.17) is 16.3 Å². The number of carboxylic acid groups (broad SMARTS) is 1. The van der Waals surface area contributed by atoms with Gasteiger partial charge in [0.05, 0.1) is 29.2 Å². The number of rotatable bonds is 17. The van der Waals surface area contributed by atoms with Crippen LogP contribution >= 0.6 is 23.4 Å². The molecule has 0 aromatic heterocycles. The summed E-state index contributed by atoms with van der Waals surface area (Å²) in [5.74, 6) is -1.53. The maximum absolute atomic E-state index is 14.2. The average molecular weight is 1000 g/mol. The number of piperazine rings is 1. The summed E-state index contributed by atoms with van der Waals surface area (Å²) in [5, 5.41) is 13.6. The van der Waals surface area contributed by atoms with E-state index in [1.54, 1.807) is 19.1 Å². The maximum Gasteiger partial charge on any atom is 0.501 e. The van der Waals surface area contributed by atoms with Gasteiger partial charge in [0.15, 0.2) is 0 Å². The fourth-order valence-electron chi connectivity index (χ4n) is 8.50. The summed E-state index contributed by atoms with van der Waals surface area (Å²) in [6, 6.07) is 24.9. The second-order valence-electron chi connectivity index (χ2n) is 17.2. The zero-order valence-electron chi connectivity index (χ0n) is 36.8. The number of halogens is 4. The number of amides is 1. The van der Waals surface area contributed by atoms with E-state index in [-0.39, 0.29) is 5.56 Å². The Morgan fingerprint density at radius 3 is 2.19 bits per heavy atom. The smallest absolute Gasteiger partial charge is 0.481 e. The maximum atomic E-state index is 14.2. The van der Waals surface area contributed by atoms with E-state index in [9.17, 15) is 44.7 Å². The van der Waals surface area contributed by atoms with Gasteiger partial charge in [0.1, 0.15) is 4.90 Å². The van der Waals surface area contributed by atoms with Crippen molar-refractivity contribution in [1.82, 2.24) is 14.5 Å². The van der Waals surface area contributed by atoms with E-state index in [1.807, 2.05) is 59.3 Å². The summed E-state index contributed by atoms with van der Waals surface area (Å²) in [7, 11) is -11.0. The molecule has 0 bridgehead atoms. The quantitative estimate of drug-likeness (QED) is 0.0876. The lowest BCUT2D eigenvalue weighted by Crippen LogP contribution is -2.47. The summed E-state index contributed by atoms with van der Waals surface area (Å²) in [6.45, 7) is 7.93. The summed E-state index contributed by atoms with van der Waals surface area (Å²) in [5.41, 5.74) is -3.07. The highest BCUT2D eigenvalue weighted by molar-refractivity contribution is 7.99. The van der Waals surface area contributed by atoms with Crippen molar-refractivity contribution in [3.05, 3.63) is 119 Å². The van der Waals surface area contributed by atoms with E-state index < -0.39 is 64.2 Å². The van der Waals surface area contributed by atoms with Crippen LogP contribution in [0, 0.1) is 5.41 Å². The molecular formula is C47H53ClF3N5O8S3. The zero-order chi connectivity index (χ0) is 48.0. The molecule has 1 aliphatic carbocycles. The summed E-state index contributed by atoms with van der Waals surface area (Å²) >= 11 is 7.59. The molecule has 2 atom stereocenters. The first-order valence-corrected chi connectivity index (χ1v) is 26.2. The molecule has 0 spiro atoms. The Kier molecular flexibility index (Phi) is 16.0. The number of allylic oxidation sites excluding steroid dienone is 1. The largest absolute Gasteiger partial charge is 0.501 e. The molecule has 2 heterocycles. The molecule has 0 radical (unpaired) electrons. The van der Waals surface area contributed by atoms with Crippen molar-refractivity contribution in [2.75, 3.05) is 81.5 Å². The summed E-state index contributed by atoms with van der Waals surface area (Å²) in [6.07, 6.45) is 2.03. The van der Waals surface area contributed by atoms with Crippen LogP contribution in [-0.2, 0) is 29.4 Å². The topological polar surface area (TPSA) is 166 Å². The van der Waals surface area contributed by atoms with Crippen LogP contribution in [0.4, 0.5) is 24.5 Å². The third kappa shape index (κ3) is 12.5. The van der Waals surface area contributed by atoms with Crippen LogP contribution in [0.25, 0.3) is 5.57 Å². The second-order valence-corrected chi connectivity index (χ2v) is 22.3. The number of sulfonamides is 1. The number of anilines is 2. The Hall–Kier alpha value is -4.63. The lowest BCUT2D eigenvalue weighted by atomic mass is 9.71. The van der Waals surface area contributed by atoms with Crippen LogP contribution in [0.3, 0.4) is 0 Å². The van der Waals surface area contributed by atoms with Gasteiger partial charge in [-0.25, -0.2) is 21.6 Å². The molecule has 13 nitrogen and oxygen atoms in total. The predicted octanol–water partition coefficient (Wildman–Crippen LogP) is 7.90. The summed E-state index contributed by atoms with van der Waals surface area (Å²) in [4.78, 5) is 30.9. The normalized spacial score (nSPS) is 19.5. The third-order valence-electron chi connectivity index (χ3n) is 12.5. The van der Waals surface area contributed by atoms with Crippen molar-refractivity contribution in [3.63, 3.8) is 0 Å². The number of carbonyl (C=O) groups excluding carboxylic acids is 1. The van der Waals surface area contributed by atoms with Gasteiger partial charge in [0.2, 0.25) is 0 Å². The molecule has 7 rings (SSSR count). The van der Waals surface area contributed by atoms with Crippen molar-refractivity contribution < 1.29 is 49.4 Å². The number of nitrogens with zero attached hydrogens (tertiary/aromatic N) is 3. The van der Waals surface area contributed by atoms with Gasteiger partial charge in [-0.2, -0.15) is 13.2 Å². The van der Waals surface area contributed by atoms with E-state index in [2.05, 4.69) is 20.0 Å². The van der Waals surface area contributed by atoms with Gasteiger partial charge < -0.3 is 20.1 Å². The first-order chi connectivity index (χ1) is 31.8. The van der Waals surface area contributed by atoms with Gasteiger partial charge in [-0.15, -0.1) is 11.8 Å². The molecule has 2 fully saturated rings. The number of nitrogens with one attached hydrogen (secondary N) is 2. The molecule has 4 aromatic carbocycles. The van der Waals surface area contributed by atoms with Gasteiger partial charge in [-0.3, -0.25) is 19.4 Å². The van der Waals surface area contributed by atoms with Crippen LogP contribution in [0.1, 0.15) is 48.5 Å². The Balaban J connectivity index is 1.02. The monoisotopic (exact) mass is 1000 g/mol. The molecule has 2 aliphatic heterocycles. The minimum atomic E-state index is -6.08. The predicted molar refractivity (Wildman–Crippen MR) is 254 cm³/mol. The van der Waals surface area contributed by atoms with Crippen LogP contribution in [-0.4, -0.2) is 126 Å².